The minimum Gasteiger partial charge on any atom is -0.205 e. The lowest BCUT2D eigenvalue weighted by Crippen LogP contribution is -1.90. The summed E-state index contributed by atoms with van der Waals surface area (Å²) in [5.41, 5.74) is 1.39. The van der Waals surface area contributed by atoms with E-state index in [2.05, 4.69) is 17.9 Å². The molecule has 0 heterocycles. The highest BCUT2D eigenvalue weighted by Crippen LogP contribution is 2.23. The van der Waals surface area contributed by atoms with Crippen LogP contribution >= 0.6 is 11.6 Å². The molecule has 4 heteroatoms. The Kier molecular flexibility index (Phi) is 5.88. The van der Waals surface area contributed by atoms with Gasteiger partial charge in [0.2, 0.25) is 0 Å². The van der Waals surface area contributed by atoms with E-state index in [1.807, 2.05) is 25.1 Å². The lowest BCUT2D eigenvalue weighted by Gasteiger charge is -2.05. The summed E-state index contributed by atoms with van der Waals surface area (Å²) in [6.07, 6.45) is 5.91. The third-order valence-corrected chi connectivity index (χ3v) is 4.54. The first-order chi connectivity index (χ1) is 13.0. The Labute approximate surface area is 161 Å². The van der Waals surface area contributed by atoms with E-state index in [9.17, 15) is 13.2 Å². The summed E-state index contributed by atoms with van der Waals surface area (Å²) in [7, 11) is 0. The van der Waals surface area contributed by atoms with E-state index in [0.29, 0.717) is 5.39 Å². The molecule has 0 amide bonds. The number of aryl methyl sites for hydroxylation is 1. The molecule has 0 aromatic heterocycles. The second-order valence-corrected chi connectivity index (χ2v) is 6.47. The largest absolute Gasteiger partial charge is 0.205 e. The molecule has 0 saturated heterocycles. The molecule has 0 radical (unpaired) electrons. The molecule has 0 nitrogen and oxygen atoms in total. The van der Waals surface area contributed by atoms with E-state index in [4.69, 9.17) is 11.6 Å². The van der Waals surface area contributed by atoms with Gasteiger partial charge >= 0.3 is 0 Å². The molecule has 0 fully saturated rings. The first-order valence-corrected chi connectivity index (χ1v) is 8.86. The van der Waals surface area contributed by atoms with Gasteiger partial charge in [-0.25, -0.2) is 13.2 Å². The molecule has 0 N–H and O–H groups in total. The zero-order valence-corrected chi connectivity index (χ0v) is 15.4. The first kappa shape index (κ1) is 19.1. The van der Waals surface area contributed by atoms with Crippen molar-refractivity contribution in [1.82, 2.24) is 0 Å². The second-order valence-electron chi connectivity index (χ2n) is 6.09. The van der Waals surface area contributed by atoms with E-state index in [1.165, 1.54) is 0 Å². The fourth-order valence-corrected chi connectivity index (χ4v) is 2.89. The molecule has 0 aliphatic carbocycles. The van der Waals surface area contributed by atoms with Crippen molar-refractivity contribution in [2.45, 2.75) is 19.8 Å². The summed E-state index contributed by atoms with van der Waals surface area (Å²) in [6.45, 7) is 1.98. The lowest BCUT2D eigenvalue weighted by atomic mass is 10.0. The highest BCUT2D eigenvalue weighted by atomic mass is 35.5. The van der Waals surface area contributed by atoms with Crippen LogP contribution in [0.4, 0.5) is 13.2 Å². The van der Waals surface area contributed by atoms with Crippen LogP contribution in [0.2, 0.25) is 5.02 Å². The number of rotatable bonds is 3. The lowest BCUT2D eigenvalue weighted by molar-refractivity contribution is 0.583. The smallest absolute Gasteiger partial charge is 0.146 e. The fraction of sp³-hybridized carbons (Fsp3) is 0.130. The third kappa shape index (κ3) is 4.35. The van der Waals surface area contributed by atoms with Crippen LogP contribution in [-0.2, 0) is 6.42 Å². The molecule has 0 saturated carbocycles. The van der Waals surface area contributed by atoms with Gasteiger partial charge in [0.15, 0.2) is 0 Å². The van der Waals surface area contributed by atoms with Crippen molar-refractivity contribution in [1.29, 1.82) is 0 Å². The zero-order valence-electron chi connectivity index (χ0n) is 14.6. The van der Waals surface area contributed by atoms with Gasteiger partial charge in [0.05, 0.1) is 5.56 Å². The minimum absolute atomic E-state index is 0.0909. The topological polar surface area (TPSA) is 0 Å². The summed E-state index contributed by atoms with van der Waals surface area (Å²) in [6, 6.07) is 11.0. The standard InChI is InChI=1S/C23H16ClF3/c1-2-3-4-5-15-7-11-19-18(12-15)10-9-17(23(19)27)8-6-16-13-20(25)22(24)21(26)14-16/h2-3,7,9-14H,4-5H2,1H3/b3-2+. The maximum absolute atomic E-state index is 14.7. The van der Waals surface area contributed by atoms with Crippen molar-refractivity contribution in [3.63, 3.8) is 0 Å². The van der Waals surface area contributed by atoms with Gasteiger partial charge in [-0.3, -0.25) is 0 Å². The SMILES string of the molecule is C/C=C/CCc1ccc2c(F)c(C#Cc3cc(F)c(Cl)c(F)c3)ccc2c1. The minimum atomic E-state index is -0.898. The third-order valence-electron chi connectivity index (χ3n) is 4.18. The number of hydrogen-bond donors (Lipinski definition) is 0. The van der Waals surface area contributed by atoms with Crippen LogP contribution in [0.25, 0.3) is 10.8 Å². The molecule has 3 aromatic rings. The maximum Gasteiger partial charge on any atom is 0.146 e. The van der Waals surface area contributed by atoms with E-state index < -0.39 is 22.5 Å². The summed E-state index contributed by atoms with van der Waals surface area (Å²) in [5.74, 6) is 2.98. The molecular weight excluding hydrogens is 369 g/mol. The predicted octanol–water partition coefficient (Wildman–Crippen LogP) is 6.82. The van der Waals surface area contributed by atoms with E-state index in [1.54, 1.807) is 18.2 Å². The Balaban J connectivity index is 1.93. The molecule has 27 heavy (non-hydrogen) atoms. The van der Waals surface area contributed by atoms with Crippen LogP contribution in [-0.4, -0.2) is 0 Å². The fourth-order valence-electron chi connectivity index (χ4n) is 2.78. The van der Waals surface area contributed by atoms with Gasteiger partial charge < -0.3 is 0 Å². The Morgan fingerprint density at radius 3 is 2.41 bits per heavy atom. The molecule has 136 valence electrons. The predicted molar refractivity (Wildman–Crippen MR) is 104 cm³/mol. The maximum atomic E-state index is 14.7. The Hall–Kier alpha value is -2.70. The average Bonchev–Trinajstić information content (AvgIpc) is 2.65. The number of hydrogen-bond acceptors (Lipinski definition) is 0. The molecule has 3 rings (SSSR count). The molecule has 0 unspecified atom stereocenters. The van der Waals surface area contributed by atoms with Gasteiger partial charge in [-0.1, -0.05) is 59.9 Å². The second kappa shape index (κ2) is 8.33. The summed E-state index contributed by atoms with van der Waals surface area (Å²) in [4.78, 5) is 0. The van der Waals surface area contributed by atoms with Crippen molar-refractivity contribution >= 4 is 22.4 Å². The monoisotopic (exact) mass is 384 g/mol. The van der Waals surface area contributed by atoms with Gasteiger partial charge in [-0.15, -0.1) is 0 Å². The van der Waals surface area contributed by atoms with Crippen LogP contribution in [0.5, 0.6) is 0 Å². The molecule has 0 aliphatic heterocycles. The van der Waals surface area contributed by atoms with Crippen molar-refractivity contribution < 1.29 is 13.2 Å². The van der Waals surface area contributed by atoms with E-state index in [-0.39, 0.29) is 11.1 Å². The van der Waals surface area contributed by atoms with Gasteiger partial charge in [0.1, 0.15) is 22.5 Å². The van der Waals surface area contributed by atoms with Gasteiger partial charge in [0.25, 0.3) is 0 Å². The summed E-state index contributed by atoms with van der Waals surface area (Å²) >= 11 is 5.45. The van der Waals surface area contributed by atoms with Crippen LogP contribution in [0, 0.1) is 29.3 Å². The quantitative estimate of drug-likeness (QED) is 0.264. The van der Waals surface area contributed by atoms with Gasteiger partial charge in [-0.05, 0) is 48.9 Å². The normalized spacial score (nSPS) is 11.0. The Morgan fingerprint density at radius 2 is 1.70 bits per heavy atom. The Bertz CT molecular complexity index is 1060. The van der Waals surface area contributed by atoms with Crippen molar-refractivity contribution in [2.75, 3.05) is 0 Å². The number of allylic oxidation sites excluding steroid dienone is 2. The average molecular weight is 385 g/mol. The molecule has 0 aliphatic rings. The van der Waals surface area contributed by atoms with Crippen molar-refractivity contribution in [3.8, 4) is 11.8 Å². The van der Waals surface area contributed by atoms with Crippen molar-refractivity contribution in [2.24, 2.45) is 0 Å². The van der Waals surface area contributed by atoms with Crippen molar-refractivity contribution in [3.05, 3.63) is 93.8 Å². The summed E-state index contributed by atoms with van der Waals surface area (Å²) < 4.78 is 41.7. The molecular formula is C23H16ClF3. The molecule has 0 spiro atoms. The highest BCUT2D eigenvalue weighted by molar-refractivity contribution is 6.30. The van der Waals surface area contributed by atoms with Gasteiger partial charge in [0, 0.05) is 10.9 Å². The van der Waals surface area contributed by atoms with Crippen LogP contribution < -0.4 is 0 Å². The van der Waals surface area contributed by atoms with E-state index in [0.717, 1.165) is 35.9 Å². The van der Waals surface area contributed by atoms with Crippen LogP contribution in [0.3, 0.4) is 0 Å². The summed E-state index contributed by atoms with van der Waals surface area (Å²) in [5, 5.41) is 0.673. The number of benzene rings is 3. The van der Waals surface area contributed by atoms with Crippen LogP contribution in [0.1, 0.15) is 30.0 Å². The zero-order chi connectivity index (χ0) is 19.4. The molecule has 3 aromatic carbocycles. The number of halogens is 4. The highest BCUT2D eigenvalue weighted by Gasteiger charge is 2.09. The van der Waals surface area contributed by atoms with Gasteiger partial charge in [-0.2, -0.15) is 0 Å². The number of fused-ring (bicyclic) bond motifs is 1. The first-order valence-electron chi connectivity index (χ1n) is 8.48. The molecule has 0 bridgehead atoms. The van der Waals surface area contributed by atoms with Crippen LogP contribution in [0.15, 0.2) is 54.6 Å². The Morgan fingerprint density at radius 1 is 0.963 bits per heavy atom. The van der Waals surface area contributed by atoms with E-state index >= 15 is 0 Å². The molecule has 0 atom stereocenters.